The van der Waals surface area contributed by atoms with Crippen molar-refractivity contribution < 1.29 is 14.3 Å². The van der Waals surface area contributed by atoms with E-state index in [1.807, 2.05) is 24.3 Å². The lowest BCUT2D eigenvalue weighted by Crippen LogP contribution is -2.35. The molecule has 4 rings (SSSR count). The zero-order valence-electron chi connectivity index (χ0n) is 14.0. The normalized spacial score (nSPS) is 18.5. The largest absolute Gasteiger partial charge is 0.443 e. The molecular weight excluding hydrogens is 334 g/mol. The summed E-state index contributed by atoms with van der Waals surface area (Å²) in [6, 6.07) is 7.10. The predicted molar refractivity (Wildman–Crippen MR) is 93.0 cm³/mol. The number of nitrogens with one attached hydrogen (secondary N) is 1. The van der Waals surface area contributed by atoms with Crippen LogP contribution in [0.15, 0.2) is 41.1 Å². The molecule has 0 saturated heterocycles. The van der Waals surface area contributed by atoms with E-state index >= 15 is 0 Å². The lowest BCUT2D eigenvalue weighted by molar-refractivity contribution is 0.0854. The van der Waals surface area contributed by atoms with Crippen LogP contribution in [0, 0.1) is 6.92 Å². The number of nitrogen functional groups attached to an aromatic ring is 1. The van der Waals surface area contributed by atoms with E-state index in [1.54, 1.807) is 6.92 Å². The Morgan fingerprint density at radius 3 is 2.92 bits per heavy atom. The standard InChI is InChI=1S/C18H17N5O3/c1-9-13(18-20-6-7-26-18)22-16(19)15(21-9)17(25)23-14-11-5-3-2-4-10(11)8-12(14)24/h2-7,12,14,24H,8H2,1H3,(H2,19,22)(H,23,25)/t12-,14+/m0/s1. The van der Waals surface area contributed by atoms with Crippen molar-refractivity contribution in [3.8, 4) is 11.6 Å². The maximum atomic E-state index is 12.7. The highest BCUT2D eigenvalue weighted by atomic mass is 16.3. The van der Waals surface area contributed by atoms with Gasteiger partial charge in [0.2, 0.25) is 5.89 Å². The molecule has 1 aliphatic carbocycles. The molecule has 8 nitrogen and oxygen atoms in total. The Hall–Kier alpha value is -3.26. The van der Waals surface area contributed by atoms with Crippen molar-refractivity contribution in [3.63, 3.8) is 0 Å². The van der Waals surface area contributed by atoms with Gasteiger partial charge in [0, 0.05) is 6.42 Å². The van der Waals surface area contributed by atoms with Crippen LogP contribution in [0.3, 0.4) is 0 Å². The smallest absolute Gasteiger partial charge is 0.274 e. The number of aryl methyl sites for hydroxylation is 1. The minimum absolute atomic E-state index is 0.00869. The van der Waals surface area contributed by atoms with E-state index in [4.69, 9.17) is 10.2 Å². The molecule has 8 heteroatoms. The Kier molecular flexibility index (Phi) is 3.89. The number of anilines is 1. The molecule has 4 N–H and O–H groups in total. The van der Waals surface area contributed by atoms with Gasteiger partial charge in [0.25, 0.3) is 5.91 Å². The molecule has 26 heavy (non-hydrogen) atoms. The van der Waals surface area contributed by atoms with Crippen molar-refractivity contribution in [3.05, 3.63) is 59.2 Å². The quantitative estimate of drug-likeness (QED) is 0.651. The van der Waals surface area contributed by atoms with Crippen LogP contribution in [0.4, 0.5) is 5.82 Å². The summed E-state index contributed by atoms with van der Waals surface area (Å²) in [5.41, 5.74) is 8.71. The van der Waals surface area contributed by atoms with Gasteiger partial charge in [0.15, 0.2) is 11.5 Å². The van der Waals surface area contributed by atoms with E-state index in [1.165, 1.54) is 12.5 Å². The van der Waals surface area contributed by atoms with Crippen molar-refractivity contribution in [2.75, 3.05) is 5.73 Å². The predicted octanol–water partition coefficient (Wildman–Crippen LogP) is 1.41. The maximum Gasteiger partial charge on any atom is 0.274 e. The van der Waals surface area contributed by atoms with Gasteiger partial charge in [-0.15, -0.1) is 0 Å². The van der Waals surface area contributed by atoms with Crippen LogP contribution in [0.1, 0.15) is 33.4 Å². The number of aromatic nitrogens is 3. The van der Waals surface area contributed by atoms with E-state index in [0.29, 0.717) is 17.8 Å². The first-order valence-electron chi connectivity index (χ1n) is 8.15. The molecule has 0 fully saturated rings. The molecule has 2 heterocycles. The molecule has 2 aromatic heterocycles. The Morgan fingerprint density at radius 1 is 1.35 bits per heavy atom. The second kappa shape index (κ2) is 6.23. The third-order valence-electron chi connectivity index (χ3n) is 4.44. The number of carbonyl (C=O) groups is 1. The summed E-state index contributed by atoms with van der Waals surface area (Å²) < 4.78 is 5.21. The number of carbonyl (C=O) groups excluding carboxylic acids is 1. The monoisotopic (exact) mass is 351 g/mol. The Balaban J connectivity index is 1.62. The summed E-state index contributed by atoms with van der Waals surface area (Å²) >= 11 is 0. The van der Waals surface area contributed by atoms with Crippen LogP contribution in [-0.4, -0.2) is 32.1 Å². The molecule has 0 radical (unpaired) electrons. The van der Waals surface area contributed by atoms with Crippen LogP contribution < -0.4 is 11.1 Å². The summed E-state index contributed by atoms with van der Waals surface area (Å²) in [5, 5.41) is 13.1. The zero-order chi connectivity index (χ0) is 18.3. The second-order valence-electron chi connectivity index (χ2n) is 6.15. The minimum atomic E-state index is -0.696. The molecule has 0 aliphatic heterocycles. The first-order chi connectivity index (χ1) is 12.5. The first kappa shape index (κ1) is 16.2. The van der Waals surface area contributed by atoms with Crippen molar-refractivity contribution in [2.45, 2.75) is 25.5 Å². The lowest BCUT2D eigenvalue weighted by atomic mass is 10.1. The molecule has 1 amide bonds. The van der Waals surface area contributed by atoms with E-state index in [0.717, 1.165) is 11.1 Å². The van der Waals surface area contributed by atoms with Crippen molar-refractivity contribution in [2.24, 2.45) is 0 Å². The second-order valence-corrected chi connectivity index (χ2v) is 6.15. The number of benzene rings is 1. The first-order valence-corrected chi connectivity index (χ1v) is 8.15. The summed E-state index contributed by atoms with van der Waals surface area (Å²) in [6.07, 6.45) is 2.71. The number of rotatable bonds is 3. The van der Waals surface area contributed by atoms with Gasteiger partial charge < -0.3 is 20.6 Å². The number of hydrogen-bond donors (Lipinski definition) is 3. The number of amides is 1. The molecule has 0 saturated carbocycles. The van der Waals surface area contributed by atoms with Crippen molar-refractivity contribution >= 4 is 11.7 Å². The van der Waals surface area contributed by atoms with Gasteiger partial charge in [-0.1, -0.05) is 24.3 Å². The average molecular weight is 351 g/mol. The summed E-state index contributed by atoms with van der Waals surface area (Å²) in [4.78, 5) is 25.2. The van der Waals surface area contributed by atoms with Gasteiger partial charge in [-0.2, -0.15) is 0 Å². The fraction of sp³-hybridized carbons (Fsp3) is 0.222. The highest BCUT2D eigenvalue weighted by Gasteiger charge is 2.33. The fourth-order valence-electron chi connectivity index (χ4n) is 3.20. The number of hydrogen-bond acceptors (Lipinski definition) is 7. The molecular formula is C18H17N5O3. The molecule has 132 valence electrons. The number of fused-ring (bicyclic) bond motifs is 1. The van der Waals surface area contributed by atoms with Crippen LogP contribution in [-0.2, 0) is 6.42 Å². The average Bonchev–Trinajstić information content (AvgIpc) is 3.25. The third-order valence-corrected chi connectivity index (χ3v) is 4.44. The number of nitrogens with two attached hydrogens (primary N) is 1. The van der Waals surface area contributed by atoms with Gasteiger partial charge in [0.05, 0.1) is 24.0 Å². The minimum Gasteiger partial charge on any atom is -0.443 e. The highest BCUT2D eigenvalue weighted by molar-refractivity contribution is 5.97. The molecule has 2 atom stereocenters. The zero-order valence-corrected chi connectivity index (χ0v) is 14.0. The van der Waals surface area contributed by atoms with Gasteiger partial charge >= 0.3 is 0 Å². The SMILES string of the molecule is Cc1nc(C(=O)N[C@@H]2c3ccccc3C[C@@H]2O)c(N)nc1-c1ncco1. The summed E-state index contributed by atoms with van der Waals surface area (Å²) in [5.74, 6) is -0.228. The van der Waals surface area contributed by atoms with Crippen LogP contribution in [0.5, 0.6) is 0 Å². The number of aliphatic hydroxyl groups excluding tert-OH is 1. The Morgan fingerprint density at radius 2 is 2.15 bits per heavy atom. The van der Waals surface area contributed by atoms with E-state index < -0.39 is 18.1 Å². The number of oxazole rings is 1. The maximum absolute atomic E-state index is 12.7. The molecule has 1 aliphatic rings. The molecule has 0 unspecified atom stereocenters. The lowest BCUT2D eigenvalue weighted by Gasteiger charge is -2.18. The molecule has 3 aromatic rings. The highest BCUT2D eigenvalue weighted by Crippen LogP contribution is 2.31. The van der Waals surface area contributed by atoms with Gasteiger partial charge in [-0.05, 0) is 18.1 Å². The van der Waals surface area contributed by atoms with Gasteiger partial charge in [-0.3, -0.25) is 4.79 Å². The van der Waals surface area contributed by atoms with Crippen LogP contribution in [0.25, 0.3) is 11.6 Å². The third kappa shape index (κ3) is 2.70. The molecule has 0 spiro atoms. The Labute approximate surface area is 149 Å². The van der Waals surface area contributed by atoms with Crippen molar-refractivity contribution in [1.29, 1.82) is 0 Å². The van der Waals surface area contributed by atoms with E-state index in [2.05, 4.69) is 20.3 Å². The van der Waals surface area contributed by atoms with E-state index in [-0.39, 0.29) is 17.4 Å². The topological polar surface area (TPSA) is 127 Å². The van der Waals surface area contributed by atoms with Crippen LogP contribution >= 0.6 is 0 Å². The van der Waals surface area contributed by atoms with Gasteiger partial charge in [-0.25, -0.2) is 15.0 Å². The summed E-state index contributed by atoms with van der Waals surface area (Å²) in [6.45, 7) is 1.70. The van der Waals surface area contributed by atoms with Crippen LogP contribution in [0.2, 0.25) is 0 Å². The van der Waals surface area contributed by atoms with E-state index in [9.17, 15) is 9.90 Å². The summed E-state index contributed by atoms with van der Waals surface area (Å²) in [7, 11) is 0. The Bertz CT molecular complexity index is 971. The van der Waals surface area contributed by atoms with Crippen molar-refractivity contribution in [1.82, 2.24) is 20.3 Å². The molecule has 1 aromatic carbocycles. The number of aliphatic hydroxyl groups is 1. The van der Waals surface area contributed by atoms with Gasteiger partial charge in [0.1, 0.15) is 12.0 Å². The number of nitrogens with zero attached hydrogens (tertiary/aromatic N) is 3. The molecule has 0 bridgehead atoms. The fourth-order valence-corrected chi connectivity index (χ4v) is 3.20.